The molecule has 1 aliphatic rings. The second-order valence-corrected chi connectivity index (χ2v) is 6.86. The summed E-state index contributed by atoms with van der Waals surface area (Å²) in [6.07, 6.45) is -3.49. The van der Waals surface area contributed by atoms with E-state index in [0.29, 0.717) is 18.6 Å². The van der Waals surface area contributed by atoms with Gasteiger partial charge in [-0.05, 0) is 55.9 Å². The van der Waals surface area contributed by atoms with Crippen molar-refractivity contribution in [2.24, 2.45) is 11.8 Å². The van der Waals surface area contributed by atoms with Gasteiger partial charge < -0.3 is 19.3 Å². The van der Waals surface area contributed by atoms with Gasteiger partial charge in [0.25, 0.3) is 0 Å². The Morgan fingerprint density at radius 3 is 2.41 bits per heavy atom. The second-order valence-electron chi connectivity index (χ2n) is 6.86. The highest BCUT2D eigenvalue weighted by Gasteiger charge is 2.32. The van der Waals surface area contributed by atoms with E-state index in [1.807, 2.05) is 13.8 Å². The van der Waals surface area contributed by atoms with Gasteiger partial charge in [0.05, 0.1) is 18.6 Å². The van der Waals surface area contributed by atoms with Crippen LogP contribution in [0.5, 0.6) is 11.5 Å². The Labute approximate surface area is 156 Å². The first-order valence-corrected chi connectivity index (χ1v) is 9.05. The lowest BCUT2D eigenvalue weighted by Gasteiger charge is -2.33. The summed E-state index contributed by atoms with van der Waals surface area (Å²) in [4.78, 5) is 11.7. The largest absolute Gasteiger partial charge is 0.573 e. The lowest BCUT2D eigenvalue weighted by Crippen LogP contribution is -2.39. The maximum atomic E-state index is 12.2. The summed E-state index contributed by atoms with van der Waals surface area (Å²) in [5.41, 5.74) is 0. The van der Waals surface area contributed by atoms with Crippen molar-refractivity contribution in [3.63, 3.8) is 0 Å². The Bertz CT molecular complexity index is 602. The summed E-state index contributed by atoms with van der Waals surface area (Å²) < 4.78 is 51.3. The molecule has 0 bridgehead atoms. The molecule has 4 unspecified atom stereocenters. The number of hydrogen-bond acceptors (Lipinski definition) is 5. The quantitative estimate of drug-likeness (QED) is 0.711. The van der Waals surface area contributed by atoms with E-state index in [2.05, 4.69) is 4.74 Å². The molecule has 0 radical (unpaired) electrons. The molecule has 0 amide bonds. The predicted octanol–water partition coefficient (Wildman–Crippen LogP) is 4.08. The first-order chi connectivity index (χ1) is 12.7. The normalized spacial score (nSPS) is 24.1. The third-order valence-electron chi connectivity index (χ3n) is 4.68. The molecule has 0 aliphatic heterocycles. The molecular weight excluding hydrogens is 365 g/mol. The highest BCUT2D eigenvalue weighted by atomic mass is 19.4. The molecule has 27 heavy (non-hydrogen) atoms. The van der Waals surface area contributed by atoms with Gasteiger partial charge in [0.1, 0.15) is 17.6 Å². The third kappa shape index (κ3) is 6.93. The van der Waals surface area contributed by atoms with Crippen molar-refractivity contribution in [3.8, 4) is 11.5 Å². The van der Waals surface area contributed by atoms with E-state index in [1.54, 1.807) is 0 Å². The minimum Gasteiger partial charge on any atom is -0.488 e. The minimum absolute atomic E-state index is 0.0652. The van der Waals surface area contributed by atoms with Crippen LogP contribution in [0.1, 0.15) is 39.5 Å². The second kappa shape index (κ2) is 9.30. The van der Waals surface area contributed by atoms with Gasteiger partial charge in [0.2, 0.25) is 0 Å². The number of halogens is 3. The van der Waals surface area contributed by atoms with Crippen LogP contribution in [0.25, 0.3) is 0 Å². The summed E-state index contributed by atoms with van der Waals surface area (Å²) in [6.45, 7) is 4.00. The number of alkyl halides is 3. The van der Waals surface area contributed by atoms with Crippen LogP contribution in [0.2, 0.25) is 0 Å². The van der Waals surface area contributed by atoms with Crippen LogP contribution in [0.15, 0.2) is 24.3 Å². The Hall–Kier alpha value is -1.96. The molecular formula is C19H25F3O5. The Morgan fingerprint density at radius 1 is 1.22 bits per heavy atom. The van der Waals surface area contributed by atoms with Gasteiger partial charge in [0.15, 0.2) is 0 Å². The van der Waals surface area contributed by atoms with Gasteiger partial charge in [-0.1, -0.05) is 13.8 Å². The molecule has 1 saturated carbocycles. The van der Waals surface area contributed by atoms with Crippen LogP contribution in [0.3, 0.4) is 0 Å². The van der Waals surface area contributed by atoms with Gasteiger partial charge >= 0.3 is 12.3 Å². The molecule has 152 valence electrons. The van der Waals surface area contributed by atoms with Crippen LogP contribution in [-0.4, -0.2) is 36.3 Å². The standard InChI is InChI=1S/C19H25F3O5/c1-3-12(2)18(24)25-11-13-4-9-17(16(23)10-13)26-14-5-7-15(8-6-14)27-19(20,21)22/h5-8,12-13,16-17,23H,3-4,9-11H2,1-2H3. The van der Waals surface area contributed by atoms with E-state index in [9.17, 15) is 23.1 Å². The van der Waals surface area contributed by atoms with Crippen molar-refractivity contribution < 1.29 is 37.3 Å². The zero-order chi connectivity index (χ0) is 20.0. The molecule has 0 aromatic heterocycles. The number of carbonyl (C=O) groups excluding carboxylic acids is 1. The van der Waals surface area contributed by atoms with Gasteiger partial charge in [-0.25, -0.2) is 0 Å². The highest BCUT2D eigenvalue weighted by Crippen LogP contribution is 2.30. The predicted molar refractivity (Wildman–Crippen MR) is 91.3 cm³/mol. The lowest BCUT2D eigenvalue weighted by atomic mass is 9.85. The monoisotopic (exact) mass is 390 g/mol. The van der Waals surface area contributed by atoms with Crippen molar-refractivity contribution in [1.29, 1.82) is 0 Å². The van der Waals surface area contributed by atoms with Crippen LogP contribution in [0, 0.1) is 11.8 Å². The number of esters is 1. The number of benzene rings is 1. The number of aliphatic hydroxyl groups is 1. The molecule has 8 heteroatoms. The van der Waals surface area contributed by atoms with Crippen molar-refractivity contribution in [3.05, 3.63) is 24.3 Å². The third-order valence-corrected chi connectivity index (χ3v) is 4.68. The Morgan fingerprint density at radius 2 is 1.85 bits per heavy atom. The van der Waals surface area contributed by atoms with Crippen molar-refractivity contribution in [2.45, 2.75) is 58.1 Å². The summed E-state index contributed by atoms with van der Waals surface area (Å²) in [6, 6.07) is 5.06. The number of carbonyl (C=O) groups is 1. The SMILES string of the molecule is CCC(C)C(=O)OCC1CCC(Oc2ccc(OC(F)(F)F)cc2)C(O)C1. The van der Waals surface area contributed by atoms with E-state index >= 15 is 0 Å². The molecule has 1 aromatic carbocycles. The van der Waals surface area contributed by atoms with Crippen LogP contribution in [-0.2, 0) is 9.53 Å². The molecule has 1 N–H and O–H groups in total. The average molecular weight is 390 g/mol. The molecule has 0 spiro atoms. The maximum Gasteiger partial charge on any atom is 0.573 e. The van der Waals surface area contributed by atoms with Crippen LogP contribution >= 0.6 is 0 Å². The van der Waals surface area contributed by atoms with E-state index in [4.69, 9.17) is 9.47 Å². The summed E-state index contributed by atoms with van der Waals surface area (Å²) in [5.74, 6) is -0.279. The van der Waals surface area contributed by atoms with E-state index < -0.39 is 18.6 Å². The van der Waals surface area contributed by atoms with Crippen molar-refractivity contribution in [2.75, 3.05) is 6.61 Å². The Kier molecular flexibility index (Phi) is 7.35. The fourth-order valence-corrected chi connectivity index (χ4v) is 2.90. The zero-order valence-electron chi connectivity index (χ0n) is 15.4. The number of ether oxygens (including phenoxy) is 3. The number of aliphatic hydroxyl groups excluding tert-OH is 1. The minimum atomic E-state index is -4.74. The van der Waals surface area contributed by atoms with Gasteiger partial charge in [-0.3, -0.25) is 4.79 Å². The molecule has 4 atom stereocenters. The maximum absolute atomic E-state index is 12.2. The van der Waals surface area contributed by atoms with Gasteiger partial charge in [0, 0.05) is 0 Å². The number of hydrogen-bond donors (Lipinski definition) is 1. The van der Waals surface area contributed by atoms with Crippen molar-refractivity contribution in [1.82, 2.24) is 0 Å². The first kappa shape index (κ1) is 21.3. The molecule has 5 nitrogen and oxygen atoms in total. The summed E-state index contributed by atoms with van der Waals surface area (Å²) in [7, 11) is 0. The molecule has 1 fully saturated rings. The molecule has 2 rings (SSSR count). The van der Waals surface area contributed by atoms with Crippen LogP contribution < -0.4 is 9.47 Å². The molecule has 0 heterocycles. The fraction of sp³-hybridized carbons (Fsp3) is 0.632. The number of rotatable bonds is 7. The topological polar surface area (TPSA) is 65.0 Å². The van der Waals surface area contributed by atoms with E-state index in [0.717, 1.165) is 25.0 Å². The van der Waals surface area contributed by atoms with E-state index in [-0.39, 0.29) is 30.2 Å². The van der Waals surface area contributed by atoms with Gasteiger partial charge in [-0.15, -0.1) is 13.2 Å². The summed E-state index contributed by atoms with van der Waals surface area (Å²) in [5, 5.41) is 10.3. The molecule has 1 aromatic rings. The van der Waals surface area contributed by atoms with Crippen molar-refractivity contribution >= 4 is 5.97 Å². The van der Waals surface area contributed by atoms with Gasteiger partial charge in [-0.2, -0.15) is 0 Å². The average Bonchev–Trinajstić information content (AvgIpc) is 2.61. The molecule has 0 saturated heterocycles. The summed E-state index contributed by atoms with van der Waals surface area (Å²) >= 11 is 0. The molecule has 1 aliphatic carbocycles. The smallest absolute Gasteiger partial charge is 0.488 e. The highest BCUT2D eigenvalue weighted by molar-refractivity contribution is 5.71. The lowest BCUT2D eigenvalue weighted by molar-refractivity contribution is -0.274. The van der Waals surface area contributed by atoms with E-state index in [1.165, 1.54) is 12.1 Å². The zero-order valence-corrected chi connectivity index (χ0v) is 15.4. The Balaban J connectivity index is 1.80. The fourth-order valence-electron chi connectivity index (χ4n) is 2.90. The first-order valence-electron chi connectivity index (χ1n) is 9.05. The van der Waals surface area contributed by atoms with Crippen LogP contribution in [0.4, 0.5) is 13.2 Å².